The van der Waals surface area contributed by atoms with Gasteiger partial charge < -0.3 is 10.1 Å². The number of para-hydroxylation sites is 1. The molecule has 10 heteroatoms. The van der Waals surface area contributed by atoms with Crippen molar-refractivity contribution in [2.24, 2.45) is 7.05 Å². The molecule has 198 valence electrons. The second-order valence-electron chi connectivity index (χ2n) is 9.13. The van der Waals surface area contributed by atoms with E-state index in [1.54, 1.807) is 47.4 Å². The van der Waals surface area contributed by atoms with E-state index in [0.717, 1.165) is 17.2 Å². The number of carbonyl (C=O) groups excluding carboxylic acids is 1. The number of amides is 1. The van der Waals surface area contributed by atoms with Gasteiger partial charge in [-0.1, -0.05) is 48.5 Å². The first-order chi connectivity index (χ1) is 19.4. The van der Waals surface area contributed by atoms with Gasteiger partial charge in [-0.2, -0.15) is 10.1 Å². The van der Waals surface area contributed by atoms with Crippen LogP contribution in [0.1, 0.15) is 16.1 Å². The maximum atomic E-state index is 15.1. The second-order valence-corrected chi connectivity index (χ2v) is 9.13. The highest BCUT2D eigenvalue weighted by atomic mass is 19.1. The van der Waals surface area contributed by atoms with Gasteiger partial charge in [0, 0.05) is 30.6 Å². The molecule has 1 N–H and O–H groups in total. The number of anilines is 1. The van der Waals surface area contributed by atoms with Gasteiger partial charge in [-0.25, -0.2) is 13.6 Å². The summed E-state index contributed by atoms with van der Waals surface area (Å²) in [7, 11) is 1.70. The third-order valence-electron chi connectivity index (χ3n) is 6.66. The van der Waals surface area contributed by atoms with E-state index in [4.69, 9.17) is 4.74 Å². The van der Waals surface area contributed by atoms with E-state index in [0.29, 0.717) is 16.9 Å². The summed E-state index contributed by atoms with van der Waals surface area (Å²) in [5.74, 6) is -1.26. The smallest absolute Gasteiger partial charge is 0.284 e. The molecule has 3 heterocycles. The molecule has 0 aliphatic carbocycles. The molecule has 0 saturated heterocycles. The molecule has 0 fully saturated rings. The van der Waals surface area contributed by atoms with Gasteiger partial charge in [-0.15, -0.1) is 0 Å². The highest BCUT2D eigenvalue weighted by molar-refractivity contribution is 6.05. The zero-order valence-electron chi connectivity index (χ0n) is 21.6. The van der Waals surface area contributed by atoms with Gasteiger partial charge in [0.15, 0.2) is 11.6 Å². The monoisotopic (exact) mass is 534 g/mol. The van der Waals surface area contributed by atoms with Crippen LogP contribution < -0.4 is 15.6 Å². The van der Waals surface area contributed by atoms with Crippen LogP contribution in [0.5, 0.6) is 11.6 Å². The van der Waals surface area contributed by atoms with Crippen molar-refractivity contribution >= 4 is 17.1 Å². The molecule has 40 heavy (non-hydrogen) atoms. The van der Waals surface area contributed by atoms with Crippen molar-refractivity contribution in [1.82, 2.24) is 24.0 Å². The molecule has 0 radical (unpaired) electrons. The van der Waals surface area contributed by atoms with Gasteiger partial charge in [0.1, 0.15) is 17.4 Å². The van der Waals surface area contributed by atoms with Crippen LogP contribution in [-0.2, 0) is 7.05 Å². The van der Waals surface area contributed by atoms with Crippen LogP contribution in [0.2, 0.25) is 0 Å². The minimum atomic E-state index is -0.712. The highest BCUT2D eigenvalue weighted by Gasteiger charge is 2.23. The number of aromatic nitrogens is 5. The first kappa shape index (κ1) is 24.8. The zero-order valence-corrected chi connectivity index (χ0v) is 21.6. The maximum Gasteiger partial charge on any atom is 0.284 e. The van der Waals surface area contributed by atoms with E-state index < -0.39 is 17.3 Å². The minimum absolute atomic E-state index is 0.0297. The third kappa shape index (κ3) is 4.41. The predicted molar refractivity (Wildman–Crippen MR) is 149 cm³/mol. The van der Waals surface area contributed by atoms with Crippen LogP contribution in [0.25, 0.3) is 22.3 Å². The molecular weight excluding hydrogens is 511 g/mol. The van der Waals surface area contributed by atoms with E-state index in [1.807, 2.05) is 48.7 Å². The summed E-state index contributed by atoms with van der Waals surface area (Å²) in [6.07, 6.45) is 3.17. The van der Waals surface area contributed by atoms with Crippen molar-refractivity contribution in [2.75, 3.05) is 5.32 Å². The summed E-state index contributed by atoms with van der Waals surface area (Å²) in [6.45, 7) is 1.68. The highest BCUT2D eigenvalue weighted by Crippen LogP contribution is 2.31. The molecule has 3 aromatic carbocycles. The first-order valence-corrected chi connectivity index (χ1v) is 12.4. The lowest BCUT2D eigenvalue weighted by atomic mass is 10.1. The molecule has 3 aromatic heterocycles. The second kappa shape index (κ2) is 9.99. The quantitative estimate of drug-likeness (QED) is 0.310. The number of nitrogens with one attached hydrogen (secondary N) is 1. The molecule has 0 unspecified atom stereocenters. The van der Waals surface area contributed by atoms with E-state index in [2.05, 4.69) is 15.4 Å². The Morgan fingerprint density at radius 2 is 1.68 bits per heavy atom. The Hall–Kier alpha value is -5.51. The van der Waals surface area contributed by atoms with E-state index in [1.165, 1.54) is 23.1 Å². The number of benzene rings is 3. The topological polar surface area (TPSA) is 95.5 Å². The minimum Gasteiger partial charge on any atom is -0.434 e. The van der Waals surface area contributed by atoms with Gasteiger partial charge >= 0.3 is 0 Å². The SMILES string of the molecule is Cc1c(C(=O)Nc2ccc(Oc3ncnn4cc(-c5ccccc5)cc34)c(F)c2)c(=O)n(-c2ccccc2)n1C. The summed E-state index contributed by atoms with van der Waals surface area (Å²) in [5, 5.41) is 6.85. The lowest BCUT2D eigenvalue weighted by Crippen LogP contribution is -2.25. The van der Waals surface area contributed by atoms with Gasteiger partial charge in [0.25, 0.3) is 11.5 Å². The number of hydrogen-bond donors (Lipinski definition) is 1. The summed E-state index contributed by atoms with van der Waals surface area (Å²) < 4.78 is 25.5. The fourth-order valence-electron chi connectivity index (χ4n) is 4.56. The van der Waals surface area contributed by atoms with Crippen molar-refractivity contribution in [2.45, 2.75) is 6.92 Å². The molecule has 0 atom stereocenters. The van der Waals surface area contributed by atoms with Crippen LogP contribution >= 0.6 is 0 Å². The van der Waals surface area contributed by atoms with Gasteiger partial charge in [0.05, 0.1) is 11.4 Å². The summed E-state index contributed by atoms with van der Waals surface area (Å²) in [5.41, 5.74) is 3.24. The Balaban J connectivity index is 1.25. The Morgan fingerprint density at radius 1 is 0.950 bits per heavy atom. The lowest BCUT2D eigenvalue weighted by Gasteiger charge is -2.09. The molecule has 0 aliphatic rings. The molecule has 0 bridgehead atoms. The van der Waals surface area contributed by atoms with Crippen molar-refractivity contribution < 1.29 is 13.9 Å². The van der Waals surface area contributed by atoms with Crippen molar-refractivity contribution in [3.8, 4) is 28.4 Å². The Kier molecular flexibility index (Phi) is 6.19. The normalized spacial score (nSPS) is 11.1. The van der Waals surface area contributed by atoms with Gasteiger partial charge in [-0.3, -0.25) is 14.3 Å². The molecule has 6 rings (SSSR count). The number of fused-ring (bicyclic) bond motifs is 1. The molecule has 0 spiro atoms. The lowest BCUT2D eigenvalue weighted by molar-refractivity contribution is 0.102. The Morgan fingerprint density at radius 3 is 2.40 bits per heavy atom. The van der Waals surface area contributed by atoms with E-state index >= 15 is 4.39 Å². The van der Waals surface area contributed by atoms with Crippen LogP contribution in [0.3, 0.4) is 0 Å². The first-order valence-electron chi connectivity index (χ1n) is 12.4. The summed E-state index contributed by atoms with van der Waals surface area (Å²) in [4.78, 5) is 30.4. The van der Waals surface area contributed by atoms with Crippen LogP contribution in [0.15, 0.2) is 102 Å². The molecule has 9 nitrogen and oxygen atoms in total. The summed E-state index contributed by atoms with van der Waals surface area (Å²) >= 11 is 0. The fraction of sp³-hybridized carbons (Fsp3) is 0.0667. The van der Waals surface area contributed by atoms with Gasteiger partial charge in [0.2, 0.25) is 5.88 Å². The number of halogens is 1. The van der Waals surface area contributed by atoms with Crippen molar-refractivity contribution in [1.29, 1.82) is 0 Å². The van der Waals surface area contributed by atoms with Crippen LogP contribution in [0, 0.1) is 12.7 Å². The number of nitrogens with zero attached hydrogens (tertiary/aromatic N) is 5. The fourth-order valence-corrected chi connectivity index (χ4v) is 4.56. The summed E-state index contributed by atoms with van der Waals surface area (Å²) in [6, 6.07) is 24.7. The average Bonchev–Trinajstić information content (AvgIpc) is 3.50. The number of rotatable bonds is 6. The molecule has 6 aromatic rings. The number of carbonyl (C=O) groups is 1. The van der Waals surface area contributed by atoms with Gasteiger partial charge in [-0.05, 0) is 42.8 Å². The number of hydrogen-bond acceptors (Lipinski definition) is 5. The largest absolute Gasteiger partial charge is 0.434 e. The number of ether oxygens (including phenoxy) is 1. The van der Waals surface area contributed by atoms with Crippen LogP contribution in [-0.4, -0.2) is 29.9 Å². The standard InChI is InChI=1S/C30H23FN6O3/c1-19-27(30(39)37(35(19)2)23-11-7-4-8-12-23)28(38)34-22-13-14-26(24(31)16-22)40-29-25-15-21(17-36(25)33-18-32-29)20-9-5-3-6-10-20/h3-18H,1-2H3,(H,34,38). The average molecular weight is 535 g/mol. The predicted octanol–water partition coefficient (Wildman–Crippen LogP) is 5.38. The van der Waals surface area contributed by atoms with E-state index in [9.17, 15) is 9.59 Å². The maximum absolute atomic E-state index is 15.1. The molecule has 0 saturated carbocycles. The van der Waals surface area contributed by atoms with E-state index in [-0.39, 0.29) is 22.9 Å². The third-order valence-corrected chi connectivity index (χ3v) is 6.66. The zero-order chi connectivity index (χ0) is 27.8. The molecule has 0 aliphatic heterocycles. The molecular formula is C30H23FN6O3. The van der Waals surface area contributed by atoms with Crippen LogP contribution in [0.4, 0.5) is 10.1 Å². The van der Waals surface area contributed by atoms with Crippen molar-refractivity contribution in [3.05, 3.63) is 125 Å². The Labute approximate surface area is 227 Å². The molecule has 1 amide bonds. The Bertz CT molecular complexity index is 1930. The van der Waals surface area contributed by atoms with Crippen molar-refractivity contribution in [3.63, 3.8) is 0 Å².